The first-order chi connectivity index (χ1) is 10.3. The van der Waals surface area contributed by atoms with Crippen molar-refractivity contribution in [2.75, 3.05) is 25.0 Å². The van der Waals surface area contributed by atoms with E-state index in [9.17, 15) is 0 Å². The van der Waals surface area contributed by atoms with E-state index in [0.717, 1.165) is 44.0 Å². The zero-order chi connectivity index (χ0) is 14.9. The first-order valence-electron chi connectivity index (χ1n) is 7.41. The zero-order valence-electron chi connectivity index (χ0n) is 12.8. The summed E-state index contributed by atoms with van der Waals surface area (Å²) < 4.78 is 0. The molecule has 0 radical (unpaired) electrons. The van der Waals surface area contributed by atoms with Crippen LogP contribution in [0.3, 0.4) is 0 Å². The number of hydrogen-bond acceptors (Lipinski definition) is 5. The summed E-state index contributed by atoms with van der Waals surface area (Å²) in [6.45, 7) is 4.84. The Morgan fingerprint density at radius 3 is 2.71 bits per heavy atom. The van der Waals surface area contributed by atoms with Gasteiger partial charge < -0.3 is 10.2 Å². The number of anilines is 1. The van der Waals surface area contributed by atoms with Crippen LogP contribution in [0.1, 0.15) is 24.6 Å². The summed E-state index contributed by atoms with van der Waals surface area (Å²) >= 11 is 0. The molecule has 0 amide bonds. The van der Waals surface area contributed by atoms with Gasteiger partial charge in [0.25, 0.3) is 0 Å². The van der Waals surface area contributed by atoms with Crippen molar-refractivity contribution in [3.05, 3.63) is 48.2 Å². The molecule has 21 heavy (non-hydrogen) atoms. The molecule has 0 fully saturated rings. The van der Waals surface area contributed by atoms with Crippen molar-refractivity contribution in [3.8, 4) is 0 Å². The molecular formula is C16H23N5. The molecular weight excluding hydrogens is 262 g/mol. The van der Waals surface area contributed by atoms with Gasteiger partial charge in [0.2, 0.25) is 0 Å². The maximum atomic E-state index is 4.65. The van der Waals surface area contributed by atoms with Crippen molar-refractivity contribution in [1.82, 2.24) is 20.3 Å². The van der Waals surface area contributed by atoms with Gasteiger partial charge in [-0.05, 0) is 37.1 Å². The van der Waals surface area contributed by atoms with Crippen molar-refractivity contribution in [2.45, 2.75) is 26.3 Å². The van der Waals surface area contributed by atoms with E-state index in [4.69, 9.17) is 0 Å². The average molecular weight is 285 g/mol. The number of nitrogens with one attached hydrogen (secondary N) is 1. The third-order valence-corrected chi connectivity index (χ3v) is 3.28. The molecule has 2 heterocycles. The molecule has 112 valence electrons. The second kappa shape index (κ2) is 8.32. The number of likely N-dealkylation sites (N-methyl/N-ethyl adjacent to an activating group) is 1. The molecule has 5 heteroatoms. The summed E-state index contributed by atoms with van der Waals surface area (Å²) in [6.07, 6.45) is 9.39. The zero-order valence-corrected chi connectivity index (χ0v) is 12.8. The summed E-state index contributed by atoms with van der Waals surface area (Å²) in [5.74, 6) is 0.917. The number of nitrogens with zero attached hydrogens (tertiary/aromatic N) is 4. The lowest BCUT2D eigenvalue weighted by molar-refractivity contribution is 0.661. The third-order valence-electron chi connectivity index (χ3n) is 3.28. The molecule has 0 saturated heterocycles. The fourth-order valence-corrected chi connectivity index (χ4v) is 2.02. The lowest BCUT2D eigenvalue weighted by atomic mass is 10.2. The van der Waals surface area contributed by atoms with E-state index in [1.807, 2.05) is 36.9 Å². The number of aromatic nitrogens is 3. The number of hydrogen-bond donors (Lipinski definition) is 1. The van der Waals surface area contributed by atoms with Crippen LogP contribution < -0.4 is 10.2 Å². The Labute approximate surface area is 126 Å². The van der Waals surface area contributed by atoms with E-state index < -0.39 is 0 Å². The van der Waals surface area contributed by atoms with Gasteiger partial charge in [0.15, 0.2) is 0 Å². The smallest absolute Gasteiger partial charge is 0.147 e. The van der Waals surface area contributed by atoms with Crippen molar-refractivity contribution < 1.29 is 0 Å². The van der Waals surface area contributed by atoms with E-state index >= 15 is 0 Å². The predicted molar refractivity (Wildman–Crippen MR) is 85.2 cm³/mol. The molecule has 2 aromatic rings. The van der Waals surface area contributed by atoms with Gasteiger partial charge in [-0.1, -0.05) is 6.92 Å². The fraction of sp³-hybridized carbons (Fsp3) is 0.438. The van der Waals surface area contributed by atoms with Gasteiger partial charge in [0.1, 0.15) is 5.82 Å². The van der Waals surface area contributed by atoms with Crippen LogP contribution in [-0.4, -0.2) is 35.1 Å². The normalized spacial score (nSPS) is 10.6. The largest absolute Gasteiger partial charge is 0.358 e. The Kier molecular flexibility index (Phi) is 6.09. The molecule has 0 unspecified atom stereocenters. The highest BCUT2D eigenvalue weighted by molar-refractivity contribution is 5.35. The summed E-state index contributed by atoms with van der Waals surface area (Å²) in [7, 11) is 2.05. The Hall–Kier alpha value is -2.01. The van der Waals surface area contributed by atoms with Crippen LogP contribution in [-0.2, 0) is 13.0 Å². The summed E-state index contributed by atoms with van der Waals surface area (Å²) in [6, 6.07) is 4.09. The highest BCUT2D eigenvalue weighted by Gasteiger charge is 2.05. The van der Waals surface area contributed by atoms with Crippen LogP contribution in [0.25, 0.3) is 0 Å². The molecule has 0 aromatic carbocycles. The van der Waals surface area contributed by atoms with Crippen molar-refractivity contribution >= 4 is 5.82 Å². The van der Waals surface area contributed by atoms with Gasteiger partial charge >= 0.3 is 0 Å². The second-order valence-corrected chi connectivity index (χ2v) is 5.07. The van der Waals surface area contributed by atoms with Crippen molar-refractivity contribution in [2.24, 2.45) is 0 Å². The van der Waals surface area contributed by atoms with Crippen LogP contribution in [0.15, 0.2) is 36.9 Å². The molecule has 1 N–H and O–H groups in total. The van der Waals surface area contributed by atoms with E-state index in [0.29, 0.717) is 0 Å². The van der Waals surface area contributed by atoms with E-state index in [-0.39, 0.29) is 0 Å². The van der Waals surface area contributed by atoms with Crippen LogP contribution in [0.5, 0.6) is 0 Å². The lowest BCUT2D eigenvalue weighted by Gasteiger charge is -2.18. The minimum Gasteiger partial charge on any atom is -0.358 e. The quantitative estimate of drug-likeness (QED) is 0.752. The average Bonchev–Trinajstić information content (AvgIpc) is 2.54. The Balaban J connectivity index is 1.89. The topological polar surface area (TPSA) is 53.9 Å². The molecule has 0 aliphatic carbocycles. The molecule has 0 atom stereocenters. The van der Waals surface area contributed by atoms with E-state index in [1.54, 1.807) is 0 Å². The van der Waals surface area contributed by atoms with Gasteiger partial charge in [-0.3, -0.25) is 9.97 Å². The molecule has 0 bridgehead atoms. The molecule has 0 spiro atoms. The van der Waals surface area contributed by atoms with Gasteiger partial charge in [0, 0.05) is 38.7 Å². The Bertz CT molecular complexity index is 529. The minimum absolute atomic E-state index is 0.771. The first-order valence-corrected chi connectivity index (χ1v) is 7.41. The standard InChI is InChI=1S/C16H23N5/c1-3-7-18-11-15-12-19-13-16(20-15)21(2)10-6-14-4-8-17-9-5-14/h4-5,8-9,12-13,18H,3,6-7,10-11H2,1-2H3. The molecule has 5 nitrogen and oxygen atoms in total. The van der Waals surface area contributed by atoms with Crippen molar-refractivity contribution in [1.29, 1.82) is 0 Å². The fourth-order valence-electron chi connectivity index (χ4n) is 2.02. The molecule has 0 aliphatic rings. The number of rotatable bonds is 8. The second-order valence-electron chi connectivity index (χ2n) is 5.07. The van der Waals surface area contributed by atoms with Crippen LogP contribution >= 0.6 is 0 Å². The summed E-state index contributed by atoms with van der Waals surface area (Å²) in [5.41, 5.74) is 2.27. The predicted octanol–water partition coefficient (Wildman–Crippen LogP) is 2.05. The van der Waals surface area contributed by atoms with E-state index in [1.165, 1.54) is 5.56 Å². The van der Waals surface area contributed by atoms with Crippen LogP contribution in [0, 0.1) is 0 Å². The van der Waals surface area contributed by atoms with Gasteiger partial charge in [-0.25, -0.2) is 4.98 Å². The Morgan fingerprint density at radius 2 is 1.95 bits per heavy atom. The minimum atomic E-state index is 0.771. The van der Waals surface area contributed by atoms with E-state index in [2.05, 4.69) is 39.1 Å². The summed E-state index contributed by atoms with van der Waals surface area (Å²) in [4.78, 5) is 15.1. The maximum Gasteiger partial charge on any atom is 0.147 e. The molecule has 0 saturated carbocycles. The maximum absolute atomic E-state index is 4.65. The SMILES string of the molecule is CCCNCc1cncc(N(C)CCc2ccncc2)n1. The third kappa shape index (κ3) is 5.11. The molecule has 2 aromatic heterocycles. The first kappa shape index (κ1) is 15.4. The van der Waals surface area contributed by atoms with Gasteiger partial charge in [-0.2, -0.15) is 0 Å². The summed E-state index contributed by atoms with van der Waals surface area (Å²) in [5, 5.41) is 3.35. The highest BCUT2D eigenvalue weighted by atomic mass is 15.2. The Morgan fingerprint density at radius 1 is 1.14 bits per heavy atom. The van der Waals surface area contributed by atoms with Gasteiger partial charge in [-0.15, -0.1) is 0 Å². The van der Waals surface area contributed by atoms with Crippen LogP contribution in [0.2, 0.25) is 0 Å². The highest BCUT2D eigenvalue weighted by Crippen LogP contribution is 2.09. The monoisotopic (exact) mass is 285 g/mol. The number of pyridine rings is 1. The van der Waals surface area contributed by atoms with Gasteiger partial charge in [0.05, 0.1) is 11.9 Å². The molecule has 0 aliphatic heterocycles. The molecule has 2 rings (SSSR count). The van der Waals surface area contributed by atoms with Crippen molar-refractivity contribution in [3.63, 3.8) is 0 Å². The van der Waals surface area contributed by atoms with Crippen LogP contribution in [0.4, 0.5) is 5.82 Å². The lowest BCUT2D eigenvalue weighted by Crippen LogP contribution is -2.23.